The van der Waals surface area contributed by atoms with Crippen LogP contribution in [0.2, 0.25) is 0 Å². The third-order valence-electron chi connectivity index (χ3n) is 5.68. The van der Waals surface area contributed by atoms with Gasteiger partial charge in [-0.2, -0.15) is 0 Å². The number of rotatable bonds is 8. The summed E-state index contributed by atoms with van der Waals surface area (Å²) in [5, 5.41) is 2.90. The SMILES string of the molecule is O=C(CC1CCOCC1)Nc1cc(OCc2ccccc2)ccc1C(=O)c1ccc(F)cc1. The van der Waals surface area contributed by atoms with Gasteiger partial charge >= 0.3 is 0 Å². The van der Waals surface area contributed by atoms with Crippen molar-refractivity contribution in [1.29, 1.82) is 0 Å². The molecule has 0 unspecified atom stereocenters. The fraction of sp³-hybridized carbons (Fsp3) is 0.259. The van der Waals surface area contributed by atoms with Crippen molar-refractivity contribution >= 4 is 17.4 Å². The number of halogens is 1. The Kier molecular flexibility index (Phi) is 7.47. The zero-order chi connectivity index (χ0) is 23.0. The van der Waals surface area contributed by atoms with Crippen LogP contribution in [0.4, 0.5) is 10.1 Å². The van der Waals surface area contributed by atoms with Crippen LogP contribution >= 0.6 is 0 Å². The Morgan fingerprint density at radius 1 is 0.970 bits per heavy atom. The van der Waals surface area contributed by atoms with Gasteiger partial charge in [0.05, 0.1) is 5.69 Å². The number of nitrogens with one attached hydrogen (secondary N) is 1. The lowest BCUT2D eigenvalue weighted by molar-refractivity contribution is -0.117. The van der Waals surface area contributed by atoms with Gasteiger partial charge in [0, 0.05) is 36.8 Å². The highest BCUT2D eigenvalue weighted by Crippen LogP contribution is 2.27. The molecule has 1 aliphatic rings. The molecule has 0 aliphatic carbocycles. The first-order valence-corrected chi connectivity index (χ1v) is 11.1. The molecule has 0 atom stereocenters. The number of hydrogen-bond acceptors (Lipinski definition) is 4. The number of anilines is 1. The Labute approximate surface area is 192 Å². The second-order valence-electron chi connectivity index (χ2n) is 8.13. The second kappa shape index (κ2) is 10.9. The molecular weight excluding hydrogens is 421 g/mol. The summed E-state index contributed by atoms with van der Waals surface area (Å²) in [4.78, 5) is 25.9. The van der Waals surface area contributed by atoms with E-state index in [2.05, 4.69) is 5.32 Å². The lowest BCUT2D eigenvalue weighted by Crippen LogP contribution is -2.23. The Morgan fingerprint density at radius 2 is 1.70 bits per heavy atom. The maximum Gasteiger partial charge on any atom is 0.224 e. The topological polar surface area (TPSA) is 64.6 Å². The maximum absolute atomic E-state index is 13.3. The van der Waals surface area contributed by atoms with E-state index in [0.717, 1.165) is 18.4 Å². The van der Waals surface area contributed by atoms with Crippen molar-refractivity contribution in [2.75, 3.05) is 18.5 Å². The number of benzene rings is 3. The van der Waals surface area contributed by atoms with E-state index >= 15 is 0 Å². The highest BCUT2D eigenvalue weighted by Gasteiger charge is 2.20. The summed E-state index contributed by atoms with van der Waals surface area (Å²) in [5.41, 5.74) is 2.06. The summed E-state index contributed by atoms with van der Waals surface area (Å²) in [6.07, 6.45) is 2.05. The van der Waals surface area contributed by atoms with Crippen molar-refractivity contribution < 1.29 is 23.5 Å². The first-order chi connectivity index (χ1) is 16.1. The smallest absolute Gasteiger partial charge is 0.224 e. The molecule has 1 heterocycles. The zero-order valence-corrected chi connectivity index (χ0v) is 18.3. The number of carbonyl (C=O) groups excluding carboxylic acids is 2. The molecule has 4 rings (SSSR count). The molecule has 0 radical (unpaired) electrons. The molecule has 0 spiro atoms. The minimum absolute atomic E-state index is 0.157. The van der Waals surface area contributed by atoms with Crippen molar-refractivity contribution in [3.8, 4) is 5.75 Å². The first kappa shape index (κ1) is 22.7. The predicted molar refractivity (Wildman–Crippen MR) is 124 cm³/mol. The number of hydrogen-bond donors (Lipinski definition) is 1. The lowest BCUT2D eigenvalue weighted by Gasteiger charge is -2.21. The molecular formula is C27H26FNO4. The third kappa shape index (κ3) is 6.26. The van der Waals surface area contributed by atoms with Crippen molar-refractivity contribution in [2.45, 2.75) is 25.9 Å². The molecule has 5 nitrogen and oxygen atoms in total. The number of amides is 1. The van der Waals surface area contributed by atoms with E-state index in [1.54, 1.807) is 18.2 Å². The maximum atomic E-state index is 13.3. The molecule has 0 bridgehead atoms. The van der Waals surface area contributed by atoms with Gasteiger partial charge in [-0.1, -0.05) is 30.3 Å². The Balaban J connectivity index is 1.55. The molecule has 6 heteroatoms. The summed E-state index contributed by atoms with van der Waals surface area (Å²) >= 11 is 0. The Bertz CT molecular complexity index is 1090. The molecule has 0 saturated carbocycles. The van der Waals surface area contributed by atoms with Crippen LogP contribution in [0.3, 0.4) is 0 Å². The molecule has 3 aromatic carbocycles. The molecule has 170 valence electrons. The minimum atomic E-state index is -0.416. The van der Waals surface area contributed by atoms with Crippen LogP contribution in [0.1, 0.15) is 40.7 Å². The fourth-order valence-corrected chi connectivity index (χ4v) is 3.83. The standard InChI is InChI=1S/C27H26FNO4/c28-22-8-6-21(7-9-22)27(31)24-11-10-23(33-18-20-4-2-1-3-5-20)17-25(24)29-26(30)16-19-12-14-32-15-13-19/h1-11,17,19H,12-16,18H2,(H,29,30). The van der Waals surface area contributed by atoms with Crippen LogP contribution in [0.25, 0.3) is 0 Å². The van der Waals surface area contributed by atoms with E-state index in [-0.39, 0.29) is 17.6 Å². The van der Waals surface area contributed by atoms with Crippen molar-refractivity contribution in [2.24, 2.45) is 5.92 Å². The van der Waals surface area contributed by atoms with Crippen LogP contribution in [0.15, 0.2) is 72.8 Å². The van der Waals surface area contributed by atoms with Gasteiger partial charge < -0.3 is 14.8 Å². The summed E-state index contributed by atoms with van der Waals surface area (Å²) in [5.74, 6) is -0.0779. The van der Waals surface area contributed by atoms with E-state index < -0.39 is 5.82 Å². The highest BCUT2D eigenvalue weighted by atomic mass is 19.1. The molecule has 0 aromatic heterocycles. The zero-order valence-electron chi connectivity index (χ0n) is 18.3. The summed E-state index contributed by atoms with van der Waals surface area (Å²) < 4.78 is 24.6. The molecule has 33 heavy (non-hydrogen) atoms. The second-order valence-corrected chi connectivity index (χ2v) is 8.13. The van der Waals surface area contributed by atoms with Gasteiger partial charge in [0.25, 0.3) is 0 Å². The Hall–Kier alpha value is -3.51. The van der Waals surface area contributed by atoms with Gasteiger partial charge in [-0.25, -0.2) is 4.39 Å². The number of carbonyl (C=O) groups is 2. The Morgan fingerprint density at radius 3 is 2.42 bits per heavy atom. The van der Waals surface area contributed by atoms with Gasteiger partial charge in [-0.05, 0) is 60.7 Å². The predicted octanol–water partition coefficient (Wildman–Crippen LogP) is 5.39. The van der Waals surface area contributed by atoms with Gasteiger partial charge in [0.15, 0.2) is 5.78 Å². The van der Waals surface area contributed by atoms with E-state index in [0.29, 0.717) is 48.8 Å². The van der Waals surface area contributed by atoms with Gasteiger partial charge in [-0.15, -0.1) is 0 Å². The van der Waals surface area contributed by atoms with E-state index in [1.807, 2.05) is 30.3 Å². The van der Waals surface area contributed by atoms with Gasteiger partial charge in [0.1, 0.15) is 18.2 Å². The monoisotopic (exact) mass is 447 g/mol. The summed E-state index contributed by atoms with van der Waals surface area (Å²) in [7, 11) is 0. The van der Waals surface area contributed by atoms with E-state index in [9.17, 15) is 14.0 Å². The molecule has 1 saturated heterocycles. The van der Waals surface area contributed by atoms with Crippen LogP contribution in [0, 0.1) is 11.7 Å². The van der Waals surface area contributed by atoms with Crippen molar-refractivity contribution in [3.63, 3.8) is 0 Å². The average Bonchev–Trinajstić information content (AvgIpc) is 2.84. The van der Waals surface area contributed by atoms with Crippen LogP contribution in [-0.2, 0) is 16.1 Å². The minimum Gasteiger partial charge on any atom is -0.489 e. The van der Waals surface area contributed by atoms with E-state index in [4.69, 9.17) is 9.47 Å². The van der Waals surface area contributed by atoms with E-state index in [1.165, 1.54) is 24.3 Å². The van der Waals surface area contributed by atoms with Crippen molar-refractivity contribution in [1.82, 2.24) is 0 Å². The van der Waals surface area contributed by atoms with Crippen LogP contribution in [0.5, 0.6) is 5.75 Å². The molecule has 1 fully saturated rings. The highest BCUT2D eigenvalue weighted by molar-refractivity contribution is 6.14. The van der Waals surface area contributed by atoms with Crippen molar-refractivity contribution in [3.05, 3.63) is 95.3 Å². The largest absolute Gasteiger partial charge is 0.489 e. The van der Waals surface area contributed by atoms with Crippen LogP contribution in [-0.4, -0.2) is 24.9 Å². The first-order valence-electron chi connectivity index (χ1n) is 11.1. The molecule has 1 N–H and O–H groups in total. The number of ether oxygens (including phenoxy) is 2. The lowest BCUT2D eigenvalue weighted by atomic mass is 9.96. The average molecular weight is 448 g/mol. The molecule has 3 aromatic rings. The van der Waals surface area contributed by atoms with Gasteiger partial charge in [-0.3, -0.25) is 9.59 Å². The summed E-state index contributed by atoms with van der Waals surface area (Å²) in [6, 6.07) is 20.1. The normalized spacial score (nSPS) is 14.0. The number of ketones is 1. The third-order valence-corrected chi connectivity index (χ3v) is 5.68. The molecule has 1 amide bonds. The van der Waals surface area contributed by atoms with Gasteiger partial charge in [0.2, 0.25) is 5.91 Å². The summed E-state index contributed by atoms with van der Waals surface area (Å²) in [6.45, 7) is 1.69. The molecule has 1 aliphatic heterocycles. The fourth-order valence-electron chi connectivity index (χ4n) is 3.83. The quantitative estimate of drug-likeness (QED) is 0.470. The van der Waals surface area contributed by atoms with Crippen LogP contribution < -0.4 is 10.1 Å².